The van der Waals surface area contributed by atoms with E-state index in [1.165, 1.54) is 22.5 Å². The van der Waals surface area contributed by atoms with Gasteiger partial charge in [0, 0.05) is 18.7 Å². The maximum atomic E-state index is 12.8. The van der Waals surface area contributed by atoms with E-state index in [2.05, 4.69) is 5.32 Å². The Morgan fingerprint density at radius 2 is 1.88 bits per heavy atom. The van der Waals surface area contributed by atoms with Crippen molar-refractivity contribution in [2.75, 3.05) is 32.5 Å². The van der Waals surface area contributed by atoms with E-state index in [1.54, 1.807) is 18.2 Å². The Morgan fingerprint density at radius 3 is 2.50 bits per heavy atom. The Bertz CT molecular complexity index is 1340. The highest BCUT2D eigenvalue weighted by atomic mass is 35.5. The number of fused-ring (bicyclic) bond motifs is 1. The summed E-state index contributed by atoms with van der Waals surface area (Å²) in [5.74, 6) is -1.38. The predicted octanol–water partition coefficient (Wildman–Crippen LogP) is 2.37. The number of anilines is 3. The number of nitrogens with one attached hydrogen (secondary N) is 1. The molecule has 2 aromatic rings. The molecule has 0 unspecified atom stereocenters. The summed E-state index contributed by atoms with van der Waals surface area (Å²) in [5, 5.41) is 2.67. The van der Waals surface area contributed by atoms with Crippen LogP contribution < -0.4 is 13.9 Å². The second-order valence-corrected chi connectivity index (χ2v) is 11.9. The third-order valence-electron chi connectivity index (χ3n) is 5.33. The van der Waals surface area contributed by atoms with E-state index < -0.39 is 31.9 Å². The molecule has 32 heavy (non-hydrogen) atoms. The maximum absolute atomic E-state index is 12.8. The first kappa shape index (κ1) is 22.6. The van der Waals surface area contributed by atoms with Crippen LogP contribution >= 0.6 is 11.6 Å². The number of benzene rings is 2. The molecular formula is C20H20ClN3O6S2. The van der Waals surface area contributed by atoms with Gasteiger partial charge in [0.05, 0.1) is 34.0 Å². The van der Waals surface area contributed by atoms with Crippen molar-refractivity contribution in [1.82, 2.24) is 0 Å². The van der Waals surface area contributed by atoms with Crippen LogP contribution in [0.3, 0.4) is 0 Å². The van der Waals surface area contributed by atoms with Crippen molar-refractivity contribution in [3.8, 4) is 0 Å². The van der Waals surface area contributed by atoms with Crippen LogP contribution in [0.15, 0.2) is 36.4 Å². The van der Waals surface area contributed by atoms with Crippen molar-refractivity contribution in [2.45, 2.75) is 19.3 Å². The molecule has 0 radical (unpaired) electrons. The van der Waals surface area contributed by atoms with Gasteiger partial charge in [-0.2, -0.15) is 0 Å². The minimum absolute atomic E-state index is 0.0226. The molecule has 12 heteroatoms. The number of sulfonamides is 2. The summed E-state index contributed by atoms with van der Waals surface area (Å²) in [5.41, 5.74) is 1.94. The van der Waals surface area contributed by atoms with E-state index in [0.29, 0.717) is 28.6 Å². The van der Waals surface area contributed by atoms with E-state index in [-0.39, 0.29) is 28.4 Å². The van der Waals surface area contributed by atoms with Crippen molar-refractivity contribution in [3.05, 3.63) is 52.5 Å². The SMILES string of the molecule is CS(=O)(=O)N1CCCc2ccc(NC(=O)c3ccc(N4C(=O)CCS4(=O)=O)cc3Cl)cc21. The summed E-state index contributed by atoms with van der Waals surface area (Å²) in [6.07, 6.45) is 2.48. The number of halogens is 1. The van der Waals surface area contributed by atoms with Crippen LogP contribution in [0.2, 0.25) is 5.02 Å². The molecular weight excluding hydrogens is 478 g/mol. The molecule has 4 rings (SSSR count). The summed E-state index contributed by atoms with van der Waals surface area (Å²) < 4.78 is 50.4. The van der Waals surface area contributed by atoms with E-state index in [9.17, 15) is 26.4 Å². The first-order valence-electron chi connectivity index (χ1n) is 9.75. The van der Waals surface area contributed by atoms with Gasteiger partial charge in [0.1, 0.15) is 0 Å². The number of carbonyl (C=O) groups is 2. The Hall–Kier alpha value is -2.63. The second-order valence-electron chi connectivity index (χ2n) is 7.62. The number of rotatable bonds is 4. The van der Waals surface area contributed by atoms with Gasteiger partial charge in [-0.1, -0.05) is 17.7 Å². The zero-order chi connectivity index (χ0) is 23.3. The molecule has 2 amide bonds. The van der Waals surface area contributed by atoms with Gasteiger partial charge in [-0.3, -0.25) is 13.9 Å². The van der Waals surface area contributed by atoms with Gasteiger partial charge in [0.2, 0.25) is 26.0 Å². The molecule has 2 aliphatic heterocycles. The fraction of sp³-hybridized carbons (Fsp3) is 0.300. The third-order valence-corrected chi connectivity index (χ3v) is 8.51. The van der Waals surface area contributed by atoms with E-state index in [4.69, 9.17) is 11.6 Å². The van der Waals surface area contributed by atoms with Crippen LogP contribution in [0, 0.1) is 0 Å². The molecule has 1 N–H and O–H groups in total. The van der Waals surface area contributed by atoms with Gasteiger partial charge in [0.25, 0.3) is 5.91 Å². The first-order valence-corrected chi connectivity index (χ1v) is 13.6. The number of amides is 2. The second kappa shape index (κ2) is 8.05. The molecule has 1 fully saturated rings. The monoisotopic (exact) mass is 497 g/mol. The Balaban J connectivity index is 1.59. The standard InChI is InChI=1S/C20H20ClN3O6S2/c1-31(27,28)23-9-2-3-13-4-5-14(11-18(13)23)22-20(26)16-7-6-15(12-17(16)21)24-19(25)8-10-32(24,29)30/h4-7,11-12H,2-3,8-10H2,1H3,(H,22,26). The number of hydrogen-bond donors (Lipinski definition) is 1. The molecule has 1 saturated heterocycles. The lowest BCUT2D eigenvalue weighted by molar-refractivity contribution is -0.116. The number of aryl methyl sites for hydroxylation is 1. The van der Waals surface area contributed by atoms with Gasteiger partial charge >= 0.3 is 0 Å². The van der Waals surface area contributed by atoms with Crippen LogP contribution in [-0.2, 0) is 31.3 Å². The largest absolute Gasteiger partial charge is 0.322 e. The quantitative estimate of drug-likeness (QED) is 0.692. The van der Waals surface area contributed by atoms with Crippen LogP contribution in [0.1, 0.15) is 28.8 Å². The zero-order valence-electron chi connectivity index (χ0n) is 17.0. The van der Waals surface area contributed by atoms with Gasteiger partial charge in [-0.15, -0.1) is 0 Å². The van der Waals surface area contributed by atoms with Gasteiger partial charge < -0.3 is 5.32 Å². The van der Waals surface area contributed by atoms with Crippen molar-refractivity contribution in [1.29, 1.82) is 0 Å². The van der Waals surface area contributed by atoms with Crippen LogP contribution in [0.25, 0.3) is 0 Å². The Kier molecular flexibility index (Phi) is 5.68. The lowest BCUT2D eigenvalue weighted by atomic mass is 10.0. The number of nitrogens with zero attached hydrogens (tertiary/aromatic N) is 2. The molecule has 170 valence electrons. The van der Waals surface area contributed by atoms with Crippen LogP contribution in [0.4, 0.5) is 17.1 Å². The summed E-state index contributed by atoms with van der Waals surface area (Å²) in [6.45, 7) is 0.370. The van der Waals surface area contributed by atoms with Crippen molar-refractivity contribution in [2.24, 2.45) is 0 Å². The molecule has 2 aliphatic rings. The van der Waals surface area contributed by atoms with E-state index >= 15 is 0 Å². The normalized spacial score (nSPS) is 17.9. The highest BCUT2D eigenvalue weighted by Crippen LogP contribution is 2.33. The minimum atomic E-state index is -3.74. The number of hydrogen-bond acceptors (Lipinski definition) is 6. The van der Waals surface area contributed by atoms with Crippen molar-refractivity contribution < 1.29 is 26.4 Å². The van der Waals surface area contributed by atoms with Crippen LogP contribution in [0.5, 0.6) is 0 Å². The highest BCUT2D eigenvalue weighted by molar-refractivity contribution is 7.94. The fourth-order valence-corrected chi connectivity index (χ4v) is 6.55. The van der Waals surface area contributed by atoms with E-state index in [1.807, 2.05) is 0 Å². The molecule has 0 spiro atoms. The van der Waals surface area contributed by atoms with Gasteiger partial charge in [-0.25, -0.2) is 21.1 Å². The van der Waals surface area contributed by atoms with Gasteiger partial charge in [-0.05, 0) is 48.7 Å². The molecule has 9 nitrogen and oxygen atoms in total. The summed E-state index contributed by atoms with van der Waals surface area (Å²) in [7, 11) is -7.20. The lowest BCUT2D eigenvalue weighted by Crippen LogP contribution is -2.34. The lowest BCUT2D eigenvalue weighted by Gasteiger charge is -2.29. The fourth-order valence-electron chi connectivity index (χ4n) is 3.84. The molecule has 0 aliphatic carbocycles. The molecule has 0 bridgehead atoms. The van der Waals surface area contributed by atoms with Gasteiger partial charge in [0.15, 0.2) is 0 Å². The summed E-state index contributed by atoms with van der Waals surface area (Å²) in [4.78, 5) is 24.7. The summed E-state index contributed by atoms with van der Waals surface area (Å²) >= 11 is 6.23. The van der Waals surface area contributed by atoms with E-state index in [0.717, 1.165) is 18.2 Å². The predicted molar refractivity (Wildman–Crippen MR) is 122 cm³/mol. The topological polar surface area (TPSA) is 121 Å². The zero-order valence-corrected chi connectivity index (χ0v) is 19.4. The Morgan fingerprint density at radius 1 is 1.12 bits per heavy atom. The minimum Gasteiger partial charge on any atom is -0.322 e. The average molecular weight is 498 g/mol. The molecule has 0 saturated carbocycles. The molecule has 0 aromatic heterocycles. The van der Waals surface area contributed by atoms with Crippen molar-refractivity contribution in [3.63, 3.8) is 0 Å². The number of carbonyl (C=O) groups excluding carboxylic acids is 2. The summed E-state index contributed by atoms with van der Waals surface area (Å²) in [6, 6.07) is 9.01. The van der Waals surface area contributed by atoms with Crippen molar-refractivity contribution >= 4 is 60.5 Å². The third kappa shape index (κ3) is 4.19. The molecule has 2 heterocycles. The van der Waals surface area contributed by atoms with Crippen LogP contribution in [-0.4, -0.2) is 47.2 Å². The maximum Gasteiger partial charge on any atom is 0.257 e. The first-order chi connectivity index (χ1) is 15.0. The highest BCUT2D eigenvalue weighted by Gasteiger charge is 2.36. The Labute approximate surface area is 191 Å². The average Bonchev–Trinajstić information content (AvgIpc) is 2.98. The molecule has 2 aromatic carbocycles. The molecule has 0 atom stereocenters. The smallest absolute Gasteiger partial charge is 0.257 e.